The van der Waals surface area contributed by atoms with E-state index in [1.807, 2.05) is 32.3 Å². The maximum Gasteiger partial charge on any atom is 0.407 e. The van der Waals surface area contributed by atoms with Crippen LogP contribution in [0, 0.1) is 0 Å². The molecule has 0 aliphatic heterocycles. The van der Waals surface area contributed by atoms with Crippen molar-refractivity contribution >= 4 is 17.1 Å². The number of fused-ring (bicyclic) bond motifs is 1. The van der Waals surface area contributed by atoms with Gasteiger partial charge in [-0.2, -0.15) is 0 Å². The zero-order valence-corrected chi connectivity index (χ0v) is 16.0. The summed E-state index contributed by atoms with van der Waals surface area (Å²) in [6.07, 6.45) is 7.45. The van der Waals surface area contributed by atoms with Crippen molar-refractivity contribution in [3.63, 3.8) is 0 Å². The number of aromatic nitrogens is 3. The number of amides is 1. The molecular formula is C21H24N4O3. The molecule has 0 bridgehead atoms. The molecular weight excluding hydrogens is 356 g/mol. The second kappa shape index (κ2) is 7.50. The molecule has 3 N–H and O–H groups in total. The largest absolute Gasteiger partial charge is 0.446 e. The van der Waals surface area contributed by atoms with E-state index in [-0.39, 0.29) is 29.7 Å². The Hall–Kier alpha value is -3.09. The Morgan fingerprint density at radius 2 is 2.14 bits per heavy atom. The highest BCUT2D eigenvalue weighted by Gasteiger charge is 2.29. The summed E-state index contributed by atoms with van der Waals surface area (Å²) in [5.74, 6) is 0.283. The number of hydrogen-bond donors (Lipinski definition) is 3. The van der Waals surface area contributed by atoms with E-state index in [0.29, 0.717) is 5.56 Å². The number of pyridine rings is 2. The van der Waals surface area contributed by atoms with Gasteiger partial charge in [0.2, 0.25) is 0 Å². The summed E-state index contributed by atoms with van der Waals surface area (Å²) < 4.78 is 5.53. The van der Waals surface area contributed by atoms with E-state index in [1.165, 1.54) is 0 Å². The van der Waals surface area contributed by atoms with Crippen LogP contribution in [-0.2, 0) is 4.74 Å². The van der Waals surface area contributed by atoms with Gasteiger partial charge in [-0.15, -0.1) is 0 Å². The SMILES string of the molecule is CC(C)NC(=O)O[C@@H]1CC[C@H](c2cnc3[nH]cc(-c4ccc[nH]c4=O)c3c2)C1. The predicted octanol–water partition coefficient (Wildman–Crippen LogP) is 3.69. The molecule has 28 heavy (non-hydrogen) atoms. The molecule has 1 aliphatic rings. The average Bonchev–Trinajstić information content (AvgIpc) is 3.28. The minimum Gasteiger partial charge on any atom is -0.446 e. The summed E-state index contributed by atoms with van der Waals surface area (Å²) in [5.41, 5.74) is 3.19. The van der Waals surface area contributed by atoms with Crippen LogP contribution in [0.4, 0.5) is 4.79 Å². The van der Waals surface area contributed by atoms with Gasteiger partial charge in [-0.25, -0.2) is 9.78 Å². The number of carbonyl (C=O) groups is 1. The van der Waals surface area contributed by atoms with Crippen molar-refractivity contribution in [1.29, 1.82) is 0 Å². The molecule has 0 spiro atoms. The maximum absolute atomic E-state index is 12.2. The van der Waals surface area contributed by atoms with Crippen LogP contribution in [0.5, 0.6) is 0 Å². The second-order valence-corrected chi connectivity index (χ2v) is 7.62. The number of hydrogen-bond acceptors (Lipinski definition) is 4. The van der Waals surface area contributed by atoms with Crippen molar-refractivity contribution in [3.05, 3.63) is 52.7 Å². The number of carbonyl (C=O) groups excluding carboxylic acids is 1. The molecule has 1 aliphatic carbocycles. The minimum absolute atomic E-state index is 0.0597. The summed E-state index contributed by atoms with van der Waals surface area (Å²) in [6, 6.07) is 5.78. The molecule has 0 radical (unpaired) electrons. The van der Waals surface area contributed by atoms with Crippen LogP contribution in [0.3, 0.4) is 0 Å². The van der Waals surface area contributed by atoms with Crippen LogP contribution in [0.2, 0.25) is 0 Å². The fraction of sp³-hybridized carbons (Fsp3) is 0.381. The van der Waals surface area contributed by atoms with Crippen molar-refractivity contribution in [3.8, 4) is 11.1 Å². The Bertz CT molecular complexity index is 1050. The molecule has 146 valence electrons. The van der Waals surface area contributed by atoms with Crippen LogP contribution >= 0.6 is 0 Å². The lowest BCUT2D eigenvalue weighted by Crippen LogP contribution is -2.33. The van der Waals surface area contributed by atoms with Crippen LogP contribution in [0.25, 0.3) is 22.2 Å². The normalized spacial score (nSPS) is 19.2. The van der Waals surface area contributed by atoms with Gasteiger partial charge < -0.3 is 20.0 Å². The number of ether oxygens (including phenoxy) is 1. The van der Waals surface area contributed by atoms with Gasteiger partial charge in [-0.1, -0.05) is 0 Å². The molecule has 7 nitrogen and oxygen atoms in total. The topological polar surface area (TPSA) is 99.9 Å². The fourth-order valence-corrected chi connectivity index (χ4v) is 3.87. The third-order valence-electron chi connectivity index (χ3n) is 5.20. The molecule has 0 unspecified atom stereocenters. The van der Waals surface area contributed by atoms with Gasteiger partial charge in [0.05, 0.1) is 0 Å². The van der Waals surface area contributed by atoms with Gasteiger partial charge in [0.15, 0.2) is 0 Å². The highest BCUT2D eigenvalue weighted by molar-refractivity contribution is 5.93. The molecule has 1 fully saturated rings. The quantitative estimate of drug-likeness (QED) is 0.643. The number of nitrogens with zero attached hydrogens (tertiary/aromatic N) is 1. The zero-order chi connectivity index (χ0) is 19.7. The van der Waals surface area contributed by atoms with Gasteiger partial charge in [0.1, 0.15) is 11.8 Å². The van der Waals surface area contributed by atoms with E-state index >= 15 is 0 Å². The highest BCUT2D eigenvalue weighted by atomic mass is 16.6. The lowest BCUT2D eigenvalue weighted by Gasteiger charge is -2.15. The number of H-pyrrole nitrogens is 2. The molecule has 2 atom stereocenters. The van der Waals surface area contributed by atoms with Gasteiger partial charge in [-0.3, -0.25) is 4.79 Å². The predicted molar refractivity (Wildman–Crippen MR) is 107 cm³/mol. The third-order valence-corrected chi connectivity index (χ3v) is 5.20. The Balaban J connectivity index is 1.56. The van der Waals surface area contributed by atoms with E-state index in [0.717, 1.165) is 41.4 Å². The Kier molecular flexibility index (Phi) is 4.90. The van der Waals surface area contributed by atoms with Gasteiger partial charge in [0, 0.05) is 41.1 Å². The first-order chi connectivity index (χ1) is 13.5. The number of aromatic amines is 2. The lowest BCUT2D eigenvalue weighted by molar-refractivity contribution is 0.0982. The Labute approximate surface area is 162 Å². The van der Waals surface area contributed by atoms with E-state index in [4.69, 9.17) is 4.74 Å². The van der Waals surface area contributed by atoms with Gasteiger partial charge in [0.25, 0.3) is 5.56 Å². The summed E-state index contributed by atoms with van der Waals surface area (Å²) in [4.78, 5) is 34.4. The fourth-order valence-electron chi connectivity index (χ4n) is 3.87. The molecule has 1 amide bonds. The summed E-state index contributed by atoms with van der Waals surface area (Å²) >= 11 is 0. The molecule has 7 heteroatoms. The second-order valence-electron chi connectivity index (χ2n) is 7.62. The molecule has 1 saturated carbocycles. The molecule has 3 heterocycles. The van der Waals surface area contributed by atoms with Crippen LogP contribution in [0.15, 0.2) is 41.6 Å². The van der Waals surface area contributed by atoms with E-state index in [2.05, 4.69) is 26.3 Å². The number of rotatable bonds is 4. The summed E-state index contributed by atoms with van der Waals surface area (Å²) in [7, 11) is 0. The van der Waals surface area contributed by atoms with Crippen molar-refractivity contribution in [2.45, 2.75) is 51.2 Å². The van der Waals surface area contributed by atoms with E-state index < -0.39 is 0 Å². The highest BCUT2D eigenvalue weighted by Crippen LogP contribution is 2.37. The summed E-state index contributed by atoms with van der Waals surface area (Å²) in [6.45, 7) is 3.82. The first-order valence-corrected chi connectivity index (χ1v) is 9.63. The number of alkyl carbamates (subject to hydrolysis) is 1. The monoisotopic (exact) mass is 380 g/mol. The average molecular weight is 380 g/mol. The van der Waals surface area contributed by atoms with Gasteiger partial charge >= 0.3 is 6.09 Å². The van der Waals surface area contributed by atoms with Crippen molar-refractivity contribution in [2.24, 2.45) is 0 Å². The lowest BCUT2D eigenvalue weighted by atomic mass is 9.97. The van der Waals surface area contributed by atoms with Crippen molar-refractivity contribution in [1.82, 2.24) is 20.3 Å². The van der Waals surface area contributed by atoms with E-state index in [1.54, 1.807) is 12.3 Å². The first-order valence-electron chi connectivity index (χ1n) is 9.63. The van der Waals surface area contributed by atoms with E-state index in [9.17, 15) is 9.59 Å². The van der Waals surface area contributed by atoms with Gasteiger partial charge in [-0.05, 0) is 62.8 Å². The van der Waals surface area contributed by atoms with Crippen molar-refractivity contribution in [2.75, 3.05) is 0 Å². The smallest absolute Gasteiger partial charge is 0.407 e. The Morgan fingerprint density at radius 1 is 1.29 bits per heavy atom. The van der Waals surface area contributed by atoms with Crippen LogP contribution in [0.1, 0.15) is 44.6 Å². The standard InChI is InChI=1S/C21H24N4O3/c1-12(2)25-21(27)28-15-6-5-13(8-15)14-9-17-18(11-24-19(17)23-10-14)16-4-3-7-22-20(16)26/h3-4,7,9-13,15H,5-6,8H2,1-2H3,(H,22,26)(H,23,24)(H,25,27)/t13-,15+/m0/s1. The van der Waals surface area contributed by atoms with Crippen LogP contribution in [-0.4, -0.2) is 33.2 Å². The van der Waals surface area contributed by atoms with Crippen molar-refractivity contribution < 1.29 is 9.53 Å². The first kappa shape index (κ1) is 18.3. The molecule has 3 aromatic heterocycles. The maximum atomic E-state index is 12.2. The number of nitrogens with one attached hydrogen (secondary N) is 3. The molecule has 0 aromatic carbocycles. The third kappa shape index (κ3) is 3.65. The summed E-state index contributed by atoms with van der Waals surface area (Å²) in [5, 5.41) is 3.69. The van der Waals surface area contributed by atoms with Crippen LogP contribution < -0.4 is 10.9 Å². The zero-order valence-electron chi connectivity index (χ0n) is 16.0. The Morgan fingerprint density at radius 3 is 2.93 bits per heavy atom. The molecule has 3 aromatic rings. The molecule has 0 saturated heterocycles. The molecule has 4 rings (SSSR count). The minimum atomic E-state index is -0.356.